The van der Waals surface area contributed by atoms with Crippen LogP contribution in [0.5, 0.6) is 0 Å². The third-order valence-corrected chi connectivity index (χ3v) is 4.83. The lowest BCUT2D eigenvalue weighted by Gasteiger charge is -2.48. The van der Waals surface area contributed by atoms with Gasteiger partial charge in [0.25, 0.3) is 0 Å². The first-order valence-corrected chi connectivity index (χ1v) is 8.03. The van der Waals surface area contributed by atoms with E-state index in [0.717, 1.165) is 38.3 Å². The Morgan fingerprint density at radius 2 is 1.91 bits per heavy atom. The number of hydrogen-bond donors (Lipinski definition) is 0. The molecule has 22 heavy (non-hydrogen) atoms. The SMILES string of the molecule is C[C@H]1CN(C2CN(C(=O)OCc3ccccc3)C2)CCN1C. The zero-order valence-corrected chi connectivity index (χ0v) is 13.4. The van der Waals surface area contributed by atoms with Crippen molar-refractivity contribution in [3.8, 4) is 0 Å². The molecule has 1 amide bonds. The van der Waals surface area contributed by atoms with Crippen LogP contribution in [0.3, 0.4) is 0 Å². The summed E-state index contributed by atoms with van der Waals surface area (Å²) in [4.78, 5) is 18.7. The van der Waals surface area contributed by atoms with Crippen LogP contribution in [-0.2, 0) is 11.3 Å². The lowest BCUT2D eigenvalue weighted by Crippen LogP contribution is -2.65. The van der Waals surface area contributed by atoms with E-state index in [1.165, 1.54) is 0 Å². The van der Waals surface area contributed by atoms with Crippen LogP contribution in [0.15, 0.2) is 30.3 Å². The lowest BCUT2D eigenvalue weighted by molar-refractivity contribution is -0.00917. The fourth-order valence-electron chi connectivity index (χ4n) is 3.05. The van der Waals surface area contributed by atoms with Gasteiger partial charge in [-0.25, -0.2) is 4.79 Å². The number of likely N-dealkylation sites (tertiary alicyclic amines) is 1. The average Bonchev–Trinajstić information content (AvgIpc) is 2.48. The molecule has 5 heteroatoms. The van der Waals surface area contributed by atoms with Gasteiger partial charge in [0.2, 0.25) is 0 Å². The van der Waals surface area contributed by atoms with Crippen LogP contribution in [-0.4, -0.2) is 72.6 Å². The molecule has 0 N–H and O–H groups in total. The lowest BCUT2D eigenvalue weighted by atomic mass is 10.1. The number of ether oxygens (including phenoxy) is 1. The number of rotatable bonds is 3. The van der Waals surface area contributed by atoms with Gasteiger partial charge in [0, 0.05) is 44.8 Å². The molecule has 2 fully saturated rings. The molecule has 2 aliphatic rings. The van der Waals surface area contributed by atoms with E-state index in [9.17, 15) is 4.79 Å². The van der Waals surface area contributed by atoms with E-state index < -0.39 is 0 Å². The van der Waals surface area contributed by atoms with Crippen molar-refractivity contribution in [3.63, 3.8) is 0 Å². The average molecular weight is 303 g/mol. The number of benzene rings is 1. The second-order valence-electron chi connectivity index (χ2n) is 6.42. The van der Waals surface area contributed by atoms with Gasteiger partial charge in [-0.05, 0) is 19.5 Å². The topological polar surface area (TPSA) is 36.0 Å². The predicted octanol–water partition coefficient (Wildman–Crippen LogP) is 1.64. The van der Waals surface area contributed by atoms with Gasteiger partial charge in [-0.2, -0.15) is 0 Å². The molecule has 0 saturated carbocycles. The Labute approximate surface area is 132 Å². The van der Waals surface area contributed by atoms with E-state index in [1.54, 1.807) is 4.90 Å². The molecule has 0 aromatic heterocycles. The second kappa shape index (κ2) is 6.67. The molecule has 0 spiro atoms. The van der Waals surface area contributed by atoms with E-state index in [1.807, 2.05) is 30.3 Å². The third kappa shape index (κ3) is 3.42. The summed E-state index contributed by atoms with van der Waals surface area (Å²) in [5, 5.41) is 0. The number of amides is 1. The predicted molar refractivity (Wildman–Crippen MR) is 85.7 cm³/mol. The van der Waals surface area contributed by atoms with Crippen LogP contribution in [0.1, 0.15) is 12.5 Å². The minimum absolute atomic E-state index is 0.192. The van der Waals surface area contributed by atoms with Gasteiger partial charge in [-0.1, -0.05) is 30.3 Å². The van der Waals surface area contributed by atoms with Crippen molar-refractivity contribution in [3.05, 3.63) is 35.9 Å². The normalized spacial score (nSPS) is 24.1. The van der Waals surface area contributed by atoms with Gasteiger partial charge in [0.05, 0.1) is 0 Å². The fourth-order valence-corrected chi connectivity index (χ4v) is 3.05. The largest absolute Gasteiger partial charge is 0.445 e. The fraction of sp³-hybridized carbons (Fsp3) is 0.588. The molecule has 3 rings (SSSR count). The van der Waals surface area contributed by atoms with Crippen molar-refractivity contribution >= 4 is 6.09 Å². The van der Waals surface area contributed by atoms with Crippen molar-refractivity contribution in [1.29, 1.82) is 0 Å². The summed E-state index contributed by atoms with van der Waals surface area (Å²) >= 11 is 0. The standard InChI is InChI=1S/C17H25N3O2/c1-14-10-19(9-8-18(14)2)16-11-20(12-16)17(21)22-13-15-6-4-3-5-7-15/h3-7,14,16H,8-13H2,1-2H3/t14-/m0/s1. The van der Waals surface area contributed by atoms with Gasteiger partial charge < -0.3 is 14.5 Å². The van der Waals surface area contributed by atoms with E-state index in [0.29, 0.717) is 18.7 Å². The summed E-state index contributed by atoms with van der Waals surface area (Å²) in [6.07, 6.45) is -0.192. The maximum atomic E-state index is 12.0. The number of likely N-dealkylation sites (N-methyl/N-ethyl adjacent to an activating group) is 1. The van der Waals surface area contributed by atoms with E-state index in [2.05, 4.69) is 23.8 Å². The molecule has 5 nitrogen and oxygen atoms in total. The zero-order valence-electron chi connectivity index (χ0n) is 13.4. The highest BCUT2D eigenvalue weighted by molar-refractivity contribution is 5.68. The summed E-state index contributed by atoms with van der Waals surface area (Å²) in [5.41, 5.74) is 1.03. The first-order valence-electron chi connectivity index (χ1n) is 8.03. The molecular formula is C17H25N3O2. The molecule has 1 aromatic rings. The first kappa shape index (κ1) is 15.3. The van der Waals surface area contributed by atoms with Crippen LogP contribution < -0.4 is 0 Å². The highest BCUT2D eigenvalue weighted by Crippen LogP contribution is 2.19. The molecule has 0 radical (unpaired) electrons. The Kier molecular flexibility index (Phi) is 4.64. The molecule has 1 atom stereocenters. The van der Waals surface area contributed by atoms with Gasteiger partial charge in [-0.3, -0.25) is 4.90 Å². The Hall–Kier alpha value is -1.59. The minimum Gasteiger partial charge on any atom is -0.445 e. The molecule has 0 aliphatic carbocycles. The van der Waals surface area contributed by atoms with Crippen LogP contribution in [0.4, 0.5) is 4.79 Å². The van der Waals surface area contributed by atoms with Crippen LogP contribution in [0.25, 0.3) is 0 Å². The smallest absolute Gasteiger partial charge is 0.410 e. The highest BCUT2D eigenvalue weighted by Gasteiger charge is 2.37. The van der Waals surface area contributed by atoms with Crippen molar-refractivity contribution < 1.29 is 9.53 Å². The van der Waals surface area contributed by atoms with Crippen LogP contribution in [0.2, 0.25) is 0 Å². The minimum atomic E-state index is -0.192. The number of carbonyl (C=O) groups is 1. The van der Waals surface area contributed by atoms with Gasteiger partial charge >= 0.3 is 6.09 Å². The van der Waals surface area contributed by atoms with Crippen LogP contribution in [0, 0.1) is 0 Å². The molecule has 2 heterocycles. The van der Waals surface area contributed by atoms with E-state index >= 15 is 0 Å². The number of hydrogen-bond acceptors (Lipinski definition) is 4. The number of carbonyl (C=O) groups excluding carboxylic acids is 1. The summed E-state index contributed by atoms with van der Waals surface area (Å²) < 4.78 is 5.37. The van der Waals surface area contributed by atoms with Crippen LogP contribution >= 0.6 is 0 Å². The molecule has 2 saturated heterocycles. The molecule has 120 valence electrons. The summed E-state index contributed by atoms with van der Waals surface area (Å²) in [6, 6.07) is 10.9. The molecule has 1 aromatic carbocycles. The quantitative estimate of drug-likeness (QED) is 0.850. The van der Waals surface area contributed by atoms with Gasteiger partial charge in [-0.15, -0.1) is 0 Å². The summed E-state index contributed by atoms with van der Waals surface area (Å²) in [7, 11) is 2.18. The molecule has 0 bridgehead atoms. The highest BCUT2D eigenvalue weighted by atomic mass is 16.6. The third-order valence-electron chi connectivity index (χ3n) is 4.83. The van der Waals surface area contributed by atoms with E-state index in [4.69, 9.17) is 4.74 Å². The maximum absolute atomic E-state index is 12.0. The van der Waals surface area contributed by atoms with Gasteiger partial charge in [0.15, 0.2) is 0 Å². The molecule has 2 aliphatic heterocycles. The van der Waals surface area contributed by atoms with Crippen molar-refractivity contribution in [2.45, 2.75) is 25.6 Å². The molecular weight excluding hydrogens is 278 g/mol. The maximum Gasteiger partial charge on any atom is 0.410 e. The zero-order chi connectivity index (χ0) is 15.5. The second-order valence-corrected chi connectivity index (χ2v) is 6.42. The molecule has 0 unspecified atom stereocenters. The Morgan fingerprint density at radius 1 is 1.18 bits per heavy atom. The van der Waals surface area contributed by atoms with Crippen molar-refractivity contribution in [2.24, 2.45) is 0 Å². The van der Waals surface area contributed by atoms with Crippen molar-refractivity contribution in [2.75, 3.05) is 39.8 Å². The Bertz CT molecular complexity index is 502. The van der Waals surface area contributed by atoms with Gasteiger partial charge in [0.1, 0.15) is 6.61 Å². The summed E-state index contributed by atoms with van der Waals surface area (Å²) in [6.45, 7) is 7.50. The van der Waals surface area contributed by atoms with Crippen molar-refractivity contribution in [1.82, 2.24) is 14.7 Å². The monoisotopic (exact) mass is 303 g/mol. The first-order chi connectivity index (χ1) is 10.6. The van der Waals surface area contributed by atoms with E-state index in [-0.39, 0.29) is 6.09 Å². The number of piperazine rings is 1. The Balaban J connectivity index is 1.40. The summed E-state index contributed by atoms with van der Waals surface area (Å²) in [5.74, 6) is 0. The number of nitrogens with zero attached hydrogens (tertiary/aromatic N) is 3. The Morgan fingerprint density at radius 3 is 2.59 bits per heavy atom.